The minimum Gasteiger partial charge on any atom is -0.372 e. The molecule has 1 rings (SSSR count). The fraction of sp³-hybridized carbons (Fsp3) is 0.429. The number of halogens is 1. The Bertz CT molecular complexity index is 317. The summed E-state index contributed by atoms with van der Waals surface area (Å²) < 4.78 is 0. The molecule has 0 unspecified atom stereocenters. The number of nitrogens with zero attached hydrogens (tertiary/aromatic N) is 1. The molecule has 96 valence electrons. The first-order valence-corrected chi connectivity index (χ1v) is 5.94. The van der Waals surface area contributed by atoms with Crippen molar-refractivity contribution in [2.24, 2.45) is 5.73 Å². The summed E-state index contributed by atoms with van der Waals surface area (Å²) in [5.41, 5.74) is 8.45. The van der Waals surface area contributed by atoms with Gasteiger partial charge < -0.3 is 10.6 Å². The minimum atomic E-state index is 0. The summed E-state index contributed by atoms with van der Waals surface area (Å²) >= 11 is 0. The number of hydrogen-bond acceptors (Lipinski definition) is 2. The van der Waals surface area contributed by atoms with E-state index in [0.717, 1.165) is 19.5 Å². The quantitative estimate of drug-likeness (QED) is 0.787. The van der Waals surface area contributed by atoms with Gasteiger partial charge in [0.1, 0.15) is 0 Å². The first kappa shape index (κ1) is 16.0. The van der Waals surface area contributed by atoms with Crippen LogP contribution in [0.25, 0.3) is 0 Å². The molecule has 0 aromatic heterocycles. The smallest absolute Gasteiger partial charge is 0.0366 e. The lowest BCUT2D eigenvalue weighted by atomic mass is 10.0. The highest BCUT2D eigenvalue weighted by atomic mass is 35.5. The summed E-state index contributed by atoms with van der Waals surface area (Å²) in [5, 5.41) is 0. The maximum Gasteiger partial charge on any atom is 0.0366 e. The van der Waals surface area contributed by atoms with Gasteiger partial charge in [-0.1, -0.05) is 18.2 Å². The fourth-order valence-corrected chi connectivity index (χ4v) is 1.84. The van der Waals surface area contributed by atoms with Gasteiger partial charge in [-0.2, -0.15) is 0 Å². The SMILES string of the molecule is C=CC[C@@H](N)c1ccc(N(CC)CC)cc1.Cl. The number of benzene rings is 1. The molecule has 0 saturated carbocycles. The van der Waals surface area contributed by atoms with Gasteiger partial charge >= 0.3 is 0 Å². The molecule has 0 saturated heterocycles. The van der Waals surface area contributed by atoms with Crippen molar-refractivity contribution in [2.75, 3.05) is 18.0 Å². The zero-order valence-corrected chi connectivity index (χ0v) is 11.5. The van der Waals surface area contributed by atoms with Crippen molar-refractivity contribution in [1.82, 2.24) is 0 Å². The van der Waals surface area contributed by atoms with Gasteiger partial charge in [-0.3, -0.25) is 0 Å². The summed E-state index contributed by atoms with van der Waals surface area (Å²) in [6.07, 6.45) is 2.69. The number of nitrogens with two attached hydrogens (primary N) is 1. The zero-order valence-electron chi connectivity index (χ0n) is 10.7. The molecular weight excluding hydrogens is 232 g/mol. The van der Waals surface area contributed by atoms with E-state index >= 15 is 0 Å². The van der Waals surface area contributed by atoms with Crippen molar-refractivity contribution < 1.29 is 0 Å². The van der Waals surface area contributed by atoms with E-state index in [1.165, 1.54) is 11.3 Å². The predicted molar refractivity (Wildman–Crippen MR) is 79.0 cm³/mol. The molecule has 0 amide bonds. The highest BCUT2D eigenvalue weighted by Crippen LogP contribution is 2.19. The Kier molecular flexibility index (Phi) is 7.68. The monoisotopic (exact) mass is 254 g/mol. The predicted octanol–water partition coefficient (Wildman–Crippen LogP) is 3.53. The van der Waals surface area contributed by atoms with Crippen LogP contribution in [-0.4, -0.2) is 13.1 Å². The summed E-state index contributed by atoms with van der Waals surface area (Å²) in [4.78, 5) is 2.32. The second kappa shape index (κ2) is 8.15. The van der Waals surface area contributed by atoms with Crippen molar-refractivity contribution in [2.45, 2.75) is 26.3 Å². The lowest BCUT2D eigenvalue weighted by molar-refractivity contribution is 0.741. The van der Waals surface area contributed by atoms with Crippen molar-refractivity contribution in [1.29, 1.82) is 0 Å². The Morgan fingerprint density at radius 3 is 2.18 bits per heavy atom. The molecule has 17 heavy (non-hydrogen) atoms. The van der Waals surface area contributed by atoms with Crippen molar-refractivity contribution in [3.05, 3.63) is 42.5 Å². The molecule has 0 bridgehead atoms. The third-order valence-corrected chi connectivity index (χ3v) is 2.87. The van der Waals surface area contributed by atoms with Crippen molar-refractivity contribution >= 4 is 18.1 Å². The molecule has 0 spiro atoms. The van der Waals surface area contributed by atoms with Crippen LogP contribution in [0.1, 0.15) is 31.9 Å². The van der Waals surface area contributed by atoms with Crippen LogP contribution in [-0.2, 0) is 0 Å². The minimum absolute atomic E-state index is 0. The van der Waals surface area contributed by atoms with Crippen LogP contribution in [0, 0.1) is 0 Å². The van der Waals surface area contributed by atoms with Crippen LogP contribution in [0.2, 0.25) is 0 Å². The first-order valence-electron chi connectivity index (χ1n) is 5.94. The Balaban J connectivity index is 0.00000256. The standard InChI is InChI=1S/C14H22N2.ClH/c1-4-7-14(15)12-8-10-13(11-9-12)16(5-2)6-3;/h4,8-11,14H,1,5-7,15H2,2-3H3;1H/t14-;/m1./s1. The lowest BCUT2D eigenvalue weighted by Gasteiger charge is -2.21. The Morgan fingerprint density at radius 2 is 1.76 bits per heavy atom. The maximum atomic E-state index is 6.01. The molecule has 2 N–H and O–H groups in total. The topological polar surface area (TPSA) is 29.3 Å². The normalized spacial score (nSPS) is 11.5. The molecule has 0 heterocycles. The molecule has 1 aromatic carbocycles. The van der Waals surface area contributed by atoms with E-state index in [9.17, 15) is 0 Å². The van der Waals surface area contributed by atoms with Gasteiger partial charge in [-0.05, 0) is 38.0 Å². The Hall–Kier alpha value is -0.990. The van der Waals surface area contributed by atoms with Gasteiger partial charge in [0.05, 0.1) is 0 Å². The number of rotatable bonds is 6. The molecule has 0 aliphatic carbocycles. The lowest BCUT2D eigenvalue weighted by Crippen LogP contribution is -2.21. The molecule has 2 nitrogen and oxygen atoms in total. The van der Waals surface area contributed by atoms with E-state index in [1.807, 2.05) is 6.08 Å². The van der Waals surface area contributed by atoms with Gasteiger partial charge in [0, 0.05) is 24.8 Å². The van der Waals surface area contributed by atoms with Gasteiger partial charge in [0.2, 0.25) is 0 Å². The van der Waals surface area contributed by atoms with Crippen molar-refractivity contribution in [3.63, 3.8) is 0 Å². The van der Waals surface area contributed by atoms with Crippen LogP contribution in [0.4, 0.5) is 5.69 Å². The van der Waals surface area contributed by atoms with Gasteiger partial charge in [0.15, 0.2) is 0 Å². The highest BCUT2D eigenvalue weighted by molar-refractivity contribution is 5.85. The number of hydrogen-bond donors (Lipinski definition) is 1. The average molecular weight is 255 g/mol. The average Bonchev–Trinajstić information content (AvgIpc) is 2.32. The third kappa shape index (κ3) is 4.41. The van der Waals surface area contributed by atoms with Crippen LogP contribution in [0.15, 0.2) is 36.9 Å². The van der Waals surface area contributed by atoms with E-state index in [2.05, 4.69) is 49.6 Å². The summed E-state index contributed by atoms with van der Waals surface area (Å²) in [6.45, 7) is 10.1. The van der Waals surface area contributed by atoms with E-state index < -0.39 is 0 Å². The van der Waals surface area contributed by atoms with Crippen LogP contribution in [0.5, 0.6) is 0 Å². The second-order valence-corrected chi connectivity index (χ2v) is 3.89. The first-order chi connectivity index (χ1) is 7.72. The maximum absolute atomic E-state index is 6.01. The molecule has 1 atom stereocenters. The van der Waals surface area contributed by atoms with Gasteiger partial charge in [0.25, 0.3) is 0 Å². The Morgan fingerprint density at radius 1 is 1.24 bits per heavy atom. The second-order valence-electron chi connectivity index (χ2n) is 3.89. The van der Waals surface area contributed by atoms with E-state index in [-0.39, 0.29) is 18.4 Å². The molecule has 0 aliphatic heterocycles. The van der Waals surface area contributed by atoms with Crippen molar-refractivity contribution in [3.8, 4) is 0 Å². The van der Waals surface area contributed by atoms with Gasteiger partial charge in [-0.15, -0.1) is 19.0 Å². The van der Waals surface area contributed by atoms with Gasteiger partial charge in [-0.25, -0.2) is 0 Å². The Labute approximate surface area is 111 Å². The molecule has 3 heteroatoms. The fourth-order valence-electron chi connectivity index (χ4n) is 1.84. The summed E-state index contributed by atoms with van der Waals surface area (Å²) in [5.74, 6) is 0. The highest BCUT2D eigenvalue weighted by Gasteiger charge is 2.05. The van der Waals surface area contributed by atoms with Crippen LogP contribution < -0.4 is 10.6 Å². The van der Waals surface area contributed by atoms with E-state index in [1.54, 1.807) is 0 Å². The summed E-state index contributed by atoms with van der Waals surface area (Å²) in [7, 11) is 0. The molecule has 0 aliphatic rings. The van der Waals surface area contributed by atoms with Crippen LogP contribution in [0.3, 0.4) is 0 Å². The number of anilines is 1. The third-order valence-electron chi connectivity index (χ3n) is 2.87. The summed E-state index contributed by atoms with van der Waals surface area (Å²) in [6, 6.07) is 8.59. The molecule has 0 fully saturated rings. The van der Waals surface area contributed by atoms with E-state index in [0.29, 0.717) is 0 Å². The largest absolute Gasteiger partial charge is 0.372 e. The molecular formula is C14H23ClN2. The zero-order chi connectivity index (χ0) is 12.0. The molecule has 0 radical (unpaired) electrons. The van der Waals surface area contributed by atoms with E-state index in [4.69, 9.17) is 5.73 Å². The van der Waals surface area contributed by atoms with Crippen LogP contribution >= 0.6 is 12.4 Å². The molecule has 1 aromatic rings.